The molecular weight excluding hydrogens is 244 g/mol. The number of nitrogens with zero attached hydrogens (tertiary/aromatic N) is 1. The molecule has 1 N–H and O–H groups in total. The summed E-state index contributed by atoms with van der Waals surface area (Å²) in [5, 5.41) is 11.7. The Hall–Kier alpha value is -2.06. The van der Waals surface area contributed by atoms with Crippen LogP contribution < -0.4 is 10.1 Å². The molecule has 0 bridgehead atoms. The van der Waals surface area contributed by atoms with E-state index in [0.717, 1.165) is 19.4 Å². The van der Waals surface area contributed by atoms with E-state index < -0.39 is 0 Å². The van der Waals surface area contributed by atoms with Crippen LogP contribution in [0.25, 0.3) is 0 Å². The van der Waals surface area contributed by atoms with Gasteiger partial charge in [0.2, 0.25) is 5.91 Å². The van der Waals surface area contributed by atoms with Crippen LogP contribution >= 0.6 is 0 Å². The lowest BCUT2D eigenvalue weighted by Crippen LogP contribution is -2.30. The van der Waals surface area contributed by atoms with Crippen molar-refractivity contribution in [2.24, 2.45) is 5.92 Å². The fraction of sp³-hybridized carbons (Fsp3) is 0.429. The Morgan fingerprint density at radius 3 is 3.05 bits per heavy atom. The molecule has 1 aliphatic rings. The normalized spacial score (nSPS) is 18.4. The number of hydrogen-bond donors (Lipinski definition) is 1. The fourth-order valence-corrected chi connectivity index (χ4v) is 2.05. The number of amides is 1. The van der Waals surface area contributed by atoms with Gasteiger partial charge in [0.25, 0.3) is 0 Å². The van der Waals surface area contributed by atoms with E-state index in [1.165, 1.54) is 7.11 Å². The van der Waals surface area contributed by atoms with Crippen LogP contribution in [0.2, 0.25) is 0 Å². The maximum absolute atomic E-state index is 12.1. The first kappa shape index (κ1) is 13.4. The Morgan fingerprint density at radius 1 is 1.58 bits per heavy atom. The van der Waals surface area contributed by atoms with E-state index in [2.05, 4.69) is 5.32 Å². The first-order chi connectivity index (χ1) is 9.24. The monoisotopic (exact) mass is 260 g/mol. The number of nitrogens with one attached hydrogen (secondary N) is 1. The third-order valence-electron chi connectivity index (χ3n) is 3.12. The molecule has 1 aliphatic heterocycles. The van der Waals surface area contributed by atoms with Gasteiger partial charge in [0, 0.05) is 12.7 Å². The van der Waals surface area contributed by atoms with Crippen molar-refractivity contribution in [2.45, 2.75) is 12.8 Å². The molecule has 19 heavy (non-hydrogen) atoms. The first-order valence-corrected chi connectivity index (χ1v) is 6.21. The van der Waals surface area contributed by atoms with Gasteiger partial charge in [-0.2, -0.15) is 5.26 Å². The van der Waals surface area contributed by atoms with Gasteiger partial charge in [0.15, 0.2) is 0 Å². The SMILES string of the molecule is COc1cc(C#N)ccc1NC(=O)C1CCCOC1. The Bertz CT molecular complexity index is 502. The number of benzene rings is 1. The highest BCUT2D eigenvalue weighted by molar-refractivity contribution is 5.94. The number of rotatable bonds is 3. The van der Waals surface area contributed by atoms with Crippen LogP contribution in [0.4, 0.5) is 5.69 Å². The summed E-state index contributed by atoms with van der Waals surface area (Å²) in [6, 6.07) is 6.96. The largest absolute Gasteiger partial charge is 0.495 e. The number of anilines is 1. The summed E-state index contributed by atoms with van der Waals surface area (Å²) in [7, 11) is 1.51. The first-order valence-electron chi connectivity index (χ1n) is 6.21. The predicted molar refractivity (Wildman–Crippen MR) is 69.9 cm³/mol. The zero-order chi connectivity index (χ0) is 13.7. The average molecular weight is 260 g/mol. The maximum atomic E-state index is 12.1. The lowest BCUT2D eigenvalue weighted by molar-refractivity contribution is -0.123. The molecule has 0 aromatic heterocycles. The third-order valence-corrected chi connectivity index (χ3v) is 3.12. The summed E-state index contributed by atoms with van der Waals surface area (Å²) in [5.41, 5.74) is 1.08. The zero-order valence-corrected chi connectivity index (χ0v) is 10.8. The smallest absolute Gasteiger partial charge is 0.229 e. The number of carbonyl (C=O) groups is 1. The van der Waals surface area contributed by atoms with Gasteiger partial charge in [-0.3, -0.25) is 4.79 Å². The fourth-order valence-electron chi connectivity index (χ4n) is 2.05. The molecule has 1 fully saturated rings. The summed E-state index contributed by atoms with van der Waals surface area (Å²) in [6.45, 7) is 1.19. The zero-order valence-electron chi connectivity index (χ0n) is 10.8. The lowest BCUT2D eigenvalue weighted by Gasteiger charge is -2.21. The third kappa shape index (κ3) is 3.24. The molecule has 2 rings (SSSR count). The van der Waals surface area contributed by atoms with Crippen LogP contribution in [-0.4, -0.2) is 26.2 Å². The Labute approximate surface area is 112 Å². The standard InChI is InChI=1S/C14H16N2O3/c1-18-13-7-10(8-15)4-5-12(13)16-14(17)11-3-2-6-19-9-11/h4-5,7,11H,2-3,6,9H2,1H3,(H,16,17). The molecule has 1 aromatic rings. The number of ether oxygens (including phenoxy) is 2. The minimum atomic E-state index is -0.117. The summed E-state index contributed by atoms with van der Waals surface area (Å²) < 4.78 is 10.5. The van der Waals surface area contributed by atoms with Gasteiger partial charge in [0.1, 0.15) is 5.75 Å². The molecule has 1 saturated heterocycles. The molecule has 1 amide bonds. The van der Waals surface area contributed by atoms with Crippen LogP contribution in [0.3, 0.4) is 0 Å². The molecule has 1 heterocycles. The Balaban J connectivity index is 2.09. The average Bonchev–Trinajstić information content (AvgIpc) is 2.48. The van der Waals surface area contributed by atoms with E-state index in [-0.39, 0.29) is 11.8 Å². The number of hydrogen-bond acceptors (Lipinski definition) is 4. The molecule has 0 aliphatic carbocycles. The second-order valence-corrected chi connectivity index (χ2v) is 4.43. The molecule has 1 aromatic carbocycles. The van der Waals surface area contributed by atoms with Gasteiger partial charge < -0.3 is 14.8 Å². The molecular formula is C14H16N2O3. The molecule has 100 valence electrons. The topological polar surface area (TPSA) is 71.3 Å². The highest BCUT2D eigenvalue weighted by Gasteiger charge is 2.22. The van der Waals surface area contributed by atoms with E-state index in [4.69, 9.17) is 14.7 Å². The highest BCUT2D eigenvalue weighted by atomic mass is 16.5. The molecule has 0 saturated carbocycles. The lowest BCUT2D eigenvalue weighted by atomic mass is 10.0. The van der Waals surface area contributed by atoms with E-state index in [9.17, 15) is 4.79 Å². The van der Waals surface area contributed by atoms with Gasteiger partial charge in [-0.1, -0.05) is 0 Å². The van der Waals surface area contributed by atoms with Crippen LogP contribution in [0, 0.1) is 17.2 Å². The second kappa shape index (κ2) is 6.21. The predicted octanol–water partition coefficient (Wildman–Crippen LogP) is 1.93. The molecule has 5 nitrogen and oxygen atoms in total. The van der Waals surface area contributed by atoms with E-state index in [0.29, 0.717) is 23.6 Å². The molecule has 0 spiro atoms. The van der Waals surface area contributed by atoms with Crippen molar-refractivity contribution >= 4 is 11.6 Å². The van der Waals surface area contributed by atoms with Crippen molar-refractivity contribution in [3.8, 4) is 11.8 Å². The van der Waals surface area contributed by atoms with Crippen molar-refractivity contribution in [3.63, 3.8) is 0 Å². The van der Waals surface area contributed by atoms with E-state index >= 15 is 0 Å². The summed E-state index contributed by atoms with van der Waals surface area (Å²) in [5.74, 6) is 0.306. The van der Waals surface area contributed by atoms with Gasteiger partial charge >= 0.3 is 0 Å². The van der Waals surface area contributed by atoms with E-state index in [1.807, 2.05) is 6.07 Å². The van der Waals surface area contributed by atoms with Crippen LogP contribution in [0.1, 0.15) is 18.4 Å². The number of nitriles is 1. The summed E-state index contributed by atoms with van der Waals surface area (Å²) in [4.78, 5) is 12.1. The Kier molecular flexibility index (Phi) is 4.37. The van der Waals surface area contributed by atoms with Gasteiger partial charge in [-0.25, -0.2) is 0 Å². The second-order valence-electron chi connectivity index (χ2n) is 4.43. The van der Waals surface area contributed by atoms with Crippen molar-refractivity contribution in [3.05, 3.63) is 23.8 Å². The summed E-state index contributed by atoms with van der Waals surface area (Å²) >= 11 is 0. The van der Waals surface area contributed by atoms with Crippen molar-refractivity contribution in [1.29, 1.82) is 5.26 Å². The van der Waals surface area contributed by atoms with Crippen LogP contribution in [-0.2, 0) is 9.53 Å². The molecule has 0 radical (unpaired) electrons. The molecule has 5 heteroatoms. The van der Waals surface area contributed by atoms with Gasteiger partial charge in [0.05, 0.1) is 37.0 Å². The van der Waals surface area contributed by atoms with Crippen molar-refractivity contribution in [1.82, 2.24) is 0 Å². The minimum Gasteiger partial charge on any atom is -0.495 e. The maximum Gasteiger partial charge on any atom is 0.229 e. The highest BCUT2D eigenvalue weighted by Crippen LogP contribution is 2.26. The van der Waals surface area contributed by atoms with Crippen molar-refractivity contribution in [2.75, 3.05) is 25.6 Å². The number of methoxy groups -OCH3 is 1. The van der Waals surface area contributed by atoms with E-state index in [1.54, 1.807) is 18.2 Å². The number of carbonyl (C=O) groups excluding carboxylic acids is 1. The van der Waals surface area contributed by atoms with Gasteiger partial charge in [-0.05, 0) is 25.0 Å². The van der Waals surface area contributed by atoms with Crippen LogP contribution in [0.15, 0.2) is 18.2 Å². The molecule has 1 unspecified atom stereocenters. The molecule has 1 atom stereocenters. The minimum absolute atomic E-state index is 0.0669. The summed E-state index contributed by atoms with van der Waals surface area (Å²) in [6.07, 6.45) is 1.74. The van der Waals surface area contributed by atoms with Crippen molar-refractivity contribution < 1.29 is 14.3 Å². The Morgan fingerprint density at radius 2 is 2.42 bits per heavy atom. The van der Waals surface area contributed by atoms with Gasteiger partial charge in [-0.15, -0.1) is 0 Å². The quantitative estimate of drug-likeness (QED) is 0.901. The van der Waals surface area contributed by atoms with Crippen LogP contribution in [0.5, 0.6) is 5.75 Å².